The average molecular weight is 481 g/mol. The van der Waals surface area contributed by atoms with Gasteiger partial charge >= 0.3 is 5.92 Å². The van der Waals surface area contributed by atoms with Gasteiger partial charge in [0.1, 0.15) is 5.75 Å². The number of fused-ring (bicyclic) bond motifs is 3. The fourth-order valence-electron chi connectivity index (χ4n) is 5.40. The molecule has 35 heavy (non-hydrogen) atoms. The maximum absolute atomic E-state index is 14.2. The van der Waals surface area contributed by atoms with Gasteiger partial charge in [-0.3, -0.25) is 9.78 Å². The largest absolute Gasteiger partial charge is 0.486 e. The van der Waals surface area contributed by atoms with Crippen LogP contribution in [0.25, 0.3) is 10.9 Å². The Balaban J connectivity index is 1.32. The molecular weight excluding hydrogens is 454 g/mol. The first-order valence-corrected chi connectivity index (χ1v) is 11.9. The number of aromatic nitrogens is 3. The van der Waals surface area contributed by atoms with Gasteiger partial charge in [-0.1, -0.05) is 12.1 Å². The average Bonchev–Trinajstić information content (AvgIpc) is 3.39. The molecule has 0 spiro atoms. The summed E-state index contributed by atoms with van der Waals surface area (Å²) in [6, 6.07) is 6.75. The number of rotatable bonds is 4. The number of nitrogens with zero attached hydrogens (tertiary/aromatic N) is 5. The molecule has 10 heteroatoms. The number of alkyl halides is 2. The number of aryl methyl sites for hydroxylation is 1. The molecule has 182 valence electrons. The van der Waals surface area contributed by atoms with Gasteiger partial charge in [-0.25, -0.2) is 0 Å². The van der Waals surface area contributed by atoms with Gasteiger partial charge in [-0.2, -0.15) is 13.9 Å². The summed E-state index contributed by atoms with van der Waals surface area (Å²) in [6.07, 6.45) is 3.35. The molecule has 2 saturated heterocycles. The van der Waals surface area contributed by atoms with Crippen LogP contribution in [-0.2, 0) is 10.7 Å². The van der Waals surface area contributed by atoms with Crippen LogP contribution < -0.4 is 15.0 Å². The summed E-state index contributed by atoms with van der Waals surface area (Å²) < 4.78 is 33.7. The topological polar surface area (TPSA) is 83.5 Å². The second kappa shape index (κ2) is 8.00. The number of amides is 1. The zero-order valence-electron chi connectivity index (χ0n) is 19.6. The van der Waals surface area contributed by atoms with Gasteiger partial charge in [0.25, 0.3) is 0 Å². The summed E-state index contributed by atoms with van der Waals surface area (Å²) in [6.45, 7) is 5.33. The number of halogens is 2. The third-order valence-electron chi connectivity index (χ3n) is 7.29. The molecule has 0 bridgehead atoms. The molecule has 6 rings (SSSR count). The number of hydrogen-bond donors (Lipinski definition) is 1. The van der Waals surface area contributed by atoms with Crippen LogP contribution in [0.1, 0.15) is 42.6 Å². The fraction of sp³-hybridized carbons (Fsp3) is 0.440. The number of anilines is 2. The predicted octanol–water partition coefficient (Wildman–Crippen LogP) is 3.80. The van der Waals surface area contributed by atoms with Crippen LogP contribution in [0.4, 0.5) is 20.3 Å². The first kappa shape index (κ1) is 21.9. The molecule has 3 aliphatic heterocycles. The highest BCUT2D eigenvalue weighted by molar-refractivity contribution is 5.92. The van der Waals surface area contributed by atoms with Crippen molar-refractivity contribution in [1.29, 1.82) is 0 Å². The van der Waals surface area contributed by atoms with Gasteiger partial charge in [0.2, 0.25) is 5.91 Å². The Morgan fingerprint density at radius 1 is 1.26 bits per heavy atom. The van der Waals surface area contributed by atoms with Crippen molar-refractivity contribution in [2.75, 3.05) is 36.5 Å². The summed E-state index contributed by atoms with van der Waals surface area (Å²) in [5, 5.41) is 12.8. The SMILES string of the molecule is Cc1nnc(N[C@H](C)c2cccc3c2OCC3(F)F)c2cc(N3CCN4C(=O)CC[C@@H]4C3)cnc12. The van der Waals surface area contributed by atoms with E-state index in [-0.39, 0.29) is 29.3 Å². The molecule has 2 fully saturated rings. The van der Waals surface area contributed by atoms with Gasteiger partial charge < -0.3 is 19.9 Å². The third kappa shape index (κ3) is 3.62. The van der Waals surface area contributed by atoms with E-state index >= 15 is 0 Å². The zero-order valence-corrected chi connectivity index (χ0v) is 19.6. The first-order chi connectivity index (χ1) is 16.8. The van der Waals surface area contributed by atoms with Crippen LogP contribution in [-0.4, -0.2) is 58.3 Å². The normalized spacial score (nSPS) is 21.6. The summed E-state index contributed by atoms with van der Waals surface area (Å²) in [7, 11) is 0. The Labute approximate surface area is 201 Å². The van der Waals surface area contributed by atoms with Crippen LogP contribution in [0.5, 0.6) is 5.75 Å². The Morgan fingerprint density at radius 2 is 2.11 bits per heavy atom. The van der Waals surface area contributed by atoms with E-state index in [4.69, 9.17) is 4.74 Å². The van der Waals surface area contributed by atoms with Crippen LogP contribution in [0.15, 0.2) is 30.5 Å². The molecule has 2 atom stereocenters. The minimum absolute atomic E-state index is 0.0861. The summed E-state index contributed by atoms with van der Waals surface area (Å²) in [5.41, 5.74) is 2.95. The third-order valence-corrected chi connectivity index (χ3v) is 7.29. The molecule has 1 aromatic carbocycles. The van der Waals surface area contributed by atoms with E-state index < -0.39 is 12.5 Å². The number of para-hydroxylation sites is 1. The minimum atomic E-state index is -2.99. The lowest BCUT2D eigenvalue weighted by atomic mass is 10.0. The molecule has 8 nitrogen and oxygen atoms in total. The van der Waals surface area contributed by atoms with Gasteiger partial charge in [0.15, 0.2) is 12.4 Å². The Hall–Kier alpha value is -3.56. The van der Waals surface area contributed by atoms with E-state index in [1.165, 1.54) is 6.07 Å². The fourth-order valence-corrected chi connectivity index (χ4v) is 5.40. The lowest BCUT2D eigenvalue weighted by molar-refractivity contribution is -0.129. The molecular formula is C25H26F2N6O2. The standard InChI is InChI=1S/C25H26F2N6O2/c1-14(18-4-3-5-20-23(18)35-13-25(20,26)27)29-24-19-10-17(11-28-22(19)15(2)30-31-24)32-8-9-33-16(12-32)6-7-21(33)34/h3-5,10-11,14,16H,6-9,12-13H2,1-2H3,(H,29,31)/t14-,16-/m1/s1. The van der Waals surface area contributed by atoms with Crippen molar-refractivity contribution in [2.45, 2.75) is 44.7 Å². The molecule has 0 unspecified atom stereocenters. The molecule has 0 radical (unpaired) electrons. The Morgan fingerprint density at radius 3 is 2.97 bits per heavy atom. The van der Waals surface area contributed by atoms with Gasteiger partial charge in [-0.05, 0) is 32.4 Å². The Bertz CT molecular complexity index is 1330. The van der Waals surface area contributed by atoms with Crippen LogP contribution in [0.2, 0.25) is 0 Å². The number of ether oxygens (including phenoxy) is 1. The summed E-state index contributed by atoms with van der Waals surface area (Å²) in [4.78, 5) is 21.0. The summed E-state index contributed by atoms with van der Waals surface area (Å²) in [5.74, 6) is -1.99. The minimum Gasteiger partial charge on any atom is -0.486 e. The smallest absolute Gasteiger partial charge is 0.310 e. The van der Waals surface area contributed by atoms with Crippen molar-refractivity contribution in [3.63, 3.8) is 0 Å². The van der Waals surface area contributed by atoms with Crippen LogP contribution >= 0.6 is 0 Å². The molecule has 5 heterocycles. The van der Waals surface area contributed by atoms with Crippen LogP contribution in [0, 0.1) is 6.92 Å². The first-order valence-electron chi connectivity index (χ1n) is 11.9. The maximum Gasteiger partial charge on any atom is 0.310 e. The van der Waals surface area contributed by atoms with Crippen LogP contribution in [0.3, 0.4) is 0 Å². The number of nitrogens with one attached hydrogen (secondary N) is 1. The molecule has 3 aliphatic rings. The van der Waals surface area contributed by atoms with Crippen molar-refractivity contribution >= 4 is 28.3 Å². The lowest BCUT2D eigenvalue weighted by Gasteiger charge is -2.38. The van der Waals surface area contributed by atoms with Gasteiger partial charge in [0.05, 0.1) is 34.7 Å². The highest BCUT2D eigenvalue weighted by Gasteiger charge is 2.43. The Kier molecular flexibility index (Phi) is 5.01. The monoisotopic (exact) mass is 480 g/mol. The number of carbonyl (C=O) groups excluding carboxylic acids is 1. The van der Waals surface area contributed by atoms with E-state index in [0.717, 1.165) is 36.1 Å². The number of hydrogen-bond acceptors (Lipinski definition) is 7. The predicted molar refractivity (Wildman–Crippen MR) is 127 cm³/mol. The molecule has 1 amide bonds. The molecule has 0 saturated carbocycles. The quantitative estimate of drug-likeness (QED) is 0.608. The van der Waals surface area contributed by atoms with Crippen molar-refractivity contribution < 1.29 is 18.3 Å². The van der Waals surface area contributed by atoms with Crippen molar-refractivity contribution in [2.24, 2.45) is 0 Å². The molecule has 0 aliphatic carbocycles. The second-order valence-corrected chi connectivity index (χ2v) is 9.53. The summed E-state index contributed by atoms with van der Waals surface area (Å²) >= 11 is 0. The van der Waals surface area contributed by atoms with Gasteiger partial charge in [0, 0.05) is 43.0 Å². The van der Waals surface area contributed by atoms with E-state index in [0.29, 0.717) is 30.0 Å². The number of piperazine rings is 1. The maximum atomic E-state index is 14.2. The van der Waals surface area contributed by atoms with Gasteiger partial charge in [-0.15, -0.1) is 5.10 Å². The highest BCUT2D eigenvalue weighted by atomic mass is 19.3. The molecule has 2 aromatic heterocycles. The van der Waals surface area contributed by atoms with E-state index in [9.17, 15) is 13.6 Å². The number of benzene rings is 1. The number of pyridine rings is 1. The van der Waals surface area contributed by atoms with Crippen molar-refractivity contribution in [3.8, 4) is 5.75 Å². The van der Waals surface area contributed by atoms with E-state index in [2.05, 4.69) is 25.4 Å². The molecule has 3 aromatic rings. The lowest BCUT2D eigenvalue weighted by Crippen LogP contribution is -2.51. The van der Waals surface area contributed by atoms with Crippen molar-refractivity contribution in [3.05, 3.63) is 47.3 Å². The zero-order chi connectivity index (χ0) is 24.3. The van der Waals surface area contributed by atoms with E-state index in [1.807, 2.05) is 31.0 Å². The number of carbonyl (C=O) groups is 1. The molecule has 1 N–H and O–H groups in total. The van der Waals surface area contributed by atoms with Crippen molar-refractivity contribution in [1.82, 2.24) is 20.1 Å². The van der Waals surface area contributed by atoms with E-state index in [1.54, 1.807) is 12.1 Å². The second-order valence-electron chi connectivity index (χ2n) is 9.53. The highest BCUT2D eigenvalue weighted by Crippen LogP contribution is 2.45.